The van der Waals surface area contributed by atoms with E-state index in [4.69, 9.17) is 5.26 Å². The number of rotatable bonds is 3. The van der Waals surface area contributed by atoms with E-state index in [9.17, 15) is 5.11 Å². The van der Waals surface area contributed by atoms with E-state index in [1.165, 1.54) is 12.8 Å². The molecule has 5 aliphatic rings. The number of nitrogens with one attached hydrogen (secondary N) is 1. The third kappa shape index (κ3) is 2.71. The van der Waals surface area contributed by atoms with Crippen LogP contribution in [0.4, 0.5) is 5.82 Å². The van der Waals surface area contributed by atoms with Crippen LogP contribution in [0.15, 0.2) is 12.1 Å². The maximum absolute atomic E-state index is 10.8. The smallest absolute Gasteiger partial charge is 0.126 e. The zero-order valence-electron chi connectivity index (χ0n) is 15.5. The van der Waals surface area contributed by atoms with E-state index in [1.807, 2.05) is 19.1 Å². The van der Waals surface area contributed by atoms with E-state index in [1.54, 1.807) is 0 Å². The second-order valence-corrected chi connectivity index (χ2v) is 9.25. The fourth-order valence-electron chi connectivity index (χ4n) is 6.70. The van der Waals surface area contributed by atoms with E-state index in [0.717, 1.165) is 56.2 Å². The van der Waals surface area contributed by atoms with Gasteiger partial charge in [-0.25, -0.2) is 4.98 Å². The summed E-state index contributed by atoms with van der Waals surface area (Å²) in [5.41, 5.74) is 1.10. The van der Waals surface area contributed by atoms with Gasteiger partial charge in [-0.3, -0.25) is 4.90 Å². The van der Waals surface area contributed by atoms with Crippen LogP contribution in [0.5, 0.6) is 0 Å². The Morgan fingerprint density at radius 3 is 2.69 bits per heavy atom. The van der Waals surface area contributed by atoms with Gasteiger partial charge in [0.15, 0.2) is 0 Å². The Kier molecular flexibility index (Phi) is 3.77. The molecule has 138 valence electrons. The highest BCUT2D eigenvalue weighted by molar-refractivity contribution is 5.43. The normalized spacial score (nSPS) is 41.3. The molecule has 0 radical (unpaired) electrons. The molecule has 4 bridgehead atoms. The van der Waals surface area contributed by atoms with E-state index in [2.05, 4.69) is 21.3 Å². The highest BCUT2D eigenvalue weighted by Crippen LogP contribution is 2.57. The van der Waals surface area contributed by atoms with Gasteiger partial charge in [0.25, 0.3) is 0 Å². The number of likely N-dealkylation sites (tertiary alicyclic amines) is 1. The van der Waals surface area contributed by atoms with Crippen molar-refractivity contribution >= 4 is 5.82 Å². The molecule has 1 aromatic heterocycles. The van der Waals surface area contributed by atoms with Gasteiger partial charge in [-0.05, 0) is 75.3 Å². The quantitative estimate of drug-likeness (QED) is 0.875. The first-order valence-electron chi connectivity index (χ1n) is 10.1. The molecular formula is C21H28N4O. The van der Waals surface area contributed by atoms with Crippen molar-refractivity contribution in [1.29, 1.82) is 5.26 Å². The summed E-state index contributed by atoms with van der Waals surface area (Å²) in [6, 6.07) is 7.06. The highest BCUT2D eigenvalue weighted by atomic mass is 16.3. The molecule has 1 aromatic rings. The zero-order chi connectivity index (χ0) is 17.9. The van der Waals surface area contributed by atoms with E-state index in [0.29, 0.717) is 29.5 Å². The molecule has 0 spiro atoms. The monoisotopic (exact) mass is 352 g/mol. The molecule has 5 fully saturated rings. The maximum atomic E-state index is 10.8. The Morgan fingerprint density at radius 1 is 1.27 bits per heavy atom. The first kappa shape index (κ1) is 16.5. The van der Waals surface area contributed by atoms with Gasteiger partial charge in [0.2, 0.25) is 0 Å². The highest BCUT2D eigenvalue weighted by Gasteiger charge is 2.56. The predicted octanol–water partition coefficient (Wildman–Crippen LogP) is 2.69. The van der Waals surface area contributed by atoms with Crippen LogP contribution in [0, 0.1) is 36.0 Å². The second kappa shape index (κ2) is 5.94. The lowest BCUT2D eigenvalue weighted by atomic mass is 9.52. The molecule has 0 aromatic carbocycles. The van der Waals surface area contributed by atoms with Crippen LogP contribution in [0.25, 0.3) is 0 Å². The van der Waals surface area contributed by atoms with E-state index < -0.39 is 0 Å². The Labute approximate surface area is 155 Å². The van der Waals surface area contributed by atoms with Gasteiger partial charge >= 0.3 is 0 Å². The molecule has 0 amide bonds. The largest absolute Gasteiger partial charge is 0.390 e. The fourth-order valence-corrected chi connectivity index (χ4v) is 6.70. The Morgan fingerprint density at radius 2 is 2.04 bits per heavy atom. The number of pyridine rings is 1. The van der Waals surface area contributed by atoms with Crippen molar-refractivity contribution < 1.29 is 5.11 Å². The van der Waals surface area contributed by atoms with Crippen molar-refractivity contribution in [1.82, 2.24) is 9.88 Å². The van der Waals surface area contributed by atoms with Crippen LogP contribution in [0.3, 0.4) is 0 Å². The number of hydrogen-bond acceptors (Lipinski definition) is 5. The lowest BCUT2D eigenvalue weighted by Crippen LogP contribution is -2.61. The number of aromatic nitrogens is 1. The number of nitriles is 1. The van der Waals surface area contributed by atoms with Gasteiger partial charge < -0.3 is 10.4 Å². The average Bonchev–Trinajstić information content (AvgIpc) is 3.01. The maximum Gasteiger partial charge on any atom is 0.126 e. The fraction of sp³-hybridized carbons (Fsp3) is 0.714. The molecule has 6 rings (SSSR count). The van der Waals surface area contributed by atoms with Crippen LogP contribution in [-0.4, -0.2) is 45.8 Å². The van der Waals surface area contributed by atoms with Crippen LogP contribution >= 0.6 is 0 Å². The molecule has 1 aliphatic heterocycles. The third-order valence-corrected chi connectivity index (χ3v) is 7.39. The molecule has 26 heavy (non-hydrogen) atoms. The van der Waals surface area contributed by atoms with Crippen LogP contribution < -0.4 is 5.32 Å². The summed E-state index contributed by atoms with van der Waals surface area (Å²) in [6.45, 7) is 4.11. The minimum atomic E-state index is -0.339. The molecule has 2 N–H and O–H groups in total. The van der Waals surface area contributed by atoms with Crippen molar-refractivity contribution in [3.05, 3.63) is 23.4 Å². The average molecular weight is 352 g/mol. The van der Waals surface area contributed by atoms with Gasteiger partial charge in [-0.15, -0.1) is 0 Å². The SMILES string of the molecule is Cc1nc(N[C@@H]2CCN(C3C4CC5C[C@H]3CC(O)(C5)C4)C2)ccc1C#N. The Hall–Kier alpha value is -1.64. The number of anilines is 1. The molecular weight excluding hydrogens is 324 g/mol. The van der Waals surface area contributed by atoms with Crippen molar-refractivity contribution in [2.24, 2.45) is 17.8 Å². The third-order valence-electron chi connectivity index (χ3n) is 7.39. The molecule has 1 saturated heterocycles. The van der Waals surface area contributed by atoms with Crippen LogP contribution in [-0.2, 0) is 0 Å². The molecule has 5 heteroatoms. The summed E-state index contributed by atoms with van der Waals surface area (Å²) in [5, 5.41) is 23.5. The first-order valence-corrected chi connectivity index (χ1v) is 10.1. The van der Waals surface area contributed by atoms with Crippen LogP contribution in [0.2, 0.25) is 0 Å². The van der Waals surface area contributed by atoms with Gasteiger partial charge in [-0.2, -0.15) is 5.26 Å². The Balaban J connectivity index is 1.25. The van der Waals surface area contributed by atoms with E-state index >= 15 is 0 Å². The number of hydrogen-bond donors (Lipinski definition) is 2. The van der Waals surface area contributed by atoms with Crippen molar-refractivity contribution in [3.63, 3.8) is 0 Å². The summed E-state index contributed by atoms with van der Waals surface area (Å²) >= 11 is 0. The van der Waals surface area contributed by atoms with Gasteiger partial charge in [0.05, 0.1) is 16.9 Å². The molecule has 5 nitrogen and oxygen atoms in total. The lowest BCUT2D eigenvalue weighted by Gasteiger charge is -2.60. The summed E-state index contributed by atoms with van der Waals surface area (Å²) in [5.74, 6) is 3.05. The summed E-state index contributed by atoms with van der Waals surface area (Å²) in [6.07, 6.45) is 6.90. The van der Waals surface area contributed by atoms with Crippen molar-refractivity contribution in [3.8, 4) is 6.07 Å². The van der Waals surface area contributed by atoms with Crippen molar-refractivity contribution in [2.45, 2.75) is 63.1 Å². The molecule has 4 saturated carbocycles. The predicted molar refractivity (Wildman–Crippen MR) is 99.6 cm³/mol. The molecule has 4 aliphatic carbocycles. The zero-order valence-corrected chi connectivity index (χ0v) is 15.5. The summed E-state index contributed by atoms with van der Waals surface area (Å²) < 4.78 is 0. The topological polar surface area (TPSA) is 72.2 Å². The Bertz CT molecular complexity index is 741. The number of aryl methyl sites for hydroxylation is 1. The summed E-state index contributed by atoms with van der Waals surface area (Å²) in [7, 11) is 0. The van der Waals surface area contributed by atoms with Crippen LogP contribution in [0.1, 0.15) is 49.8 Å². The number of nitrogens with zero attached hydrogens (tertiary/aromatic N) is 3. The second-order valence-electron chi connectivity index (χ2n) is 9.25. The van der Waals surface area contributed by atoms with Gasteiger partial charge in [0.1, 0.15) is 11.9 Å². The molecule has 2 heterocycles. The van der Waals surface area contributed by atoms with Gasteiger partial charge in [0, 0.05) is 25.2 Å². The van der Waals surface area contributed by atoms with E-state index in [-0.39, 0.29) is 5.60 Å². The minimum absolute atomic E-state index is 0.339. The molecule has 4 unspecified atom stereocenters. The van der Waals surface area contributed by atoms with Crippen molar-refractivity contribution in [2.75, 3.05) is 18.4 Å². The minimum Gasteiger partial charge on any atom is -0.390 e. The summed E-state index contributed by atoms with van der Waals surface area (Å²) in [4.78, 5) is 7.24. The standard InChI is InChI=1S/C21H28N4O/c1-13-15(11-22)2-3-19(23-13)24-18-4-5-25(12-18)20-16-6-14-7-17(20)10-21(26,8-14)9-16/h2-3,14,16-18,20,26H,4-10,12H2,1H3,(H,23,24)/t14?,16-,17?,18+,20?,21?/m0/s1. The molecule has 6 atom stereocenters. The number of aliphatic hydroxyl groups is 1. The first-order chi connectivity index (χ1) is 12.5. The van der Waals surface area contributed by atoms with Gasteiger partial charge in [-0.1, -0.05) is 0 Å². The lowest BCUT2D eigenvalue weighted by molar-refractivity contribution is -0.157.